The minimum atomic E-state index is 0.182. The predicted molar refractivity (Wildman–Crippen MR) is 126 cm³/mol. The average molecular weight is 428 g/mol. The molecule has 0 saturated carbocycles. The SMILES string of the molecule is COc1cc2c(cc1OC)[C@H](CNC(=S)NC(C)C)N(Cc1ccc(C)cc1)CC2. The molecule has 1 atom stereocenters. The Kier molecular flexibility index (Phi) is 7.56. The molecular formula is C24H33N3O2S. The zero-order valence-corrected chi connectivity index (χ0v) is 19.4. The number of nitrogens with zero attached hydrogens (tertiary/aromatic N) is 1. The van der Waals surface area contributed by atoms with E-state index in [1.807, 2.05) is 0 Å². The van der Waals surface area contributed by atoms with E-state index in [4.69, 9.17) is 21.7 Å². The molecule has 2 aromatic carbocycles. The Morgan fingerprint density at radius 2 is 1.80 bits per heavy atom. The molecule has 30 heavy (non-hydrogen) atoms. The zero-order valence-electron chi connectivity index (χ0n) is 18.6. The molecule has 0 unspecified atom stereocenters. The number of methoxy groups -OCH3 is 2. The molecule has 0 aliphatic carbocycles. The van der Waals surface area contributed by atoms with E-state index in [9.17, 15) is 0 Å². The number of ether oxygens (including phenoxy) is 2. The summed E-state index contributed by atoms with van der Waals surface area (Å²) in [6.45, 7) is 8.90. The van der Waals surface area contributed by atoms with Gasteiger partial charge in [-0.3, -0.25) is 4.90 Å². The van der Waals surface area contributed by atoms with Gasteiger partial charge in [0, 0.05) is 25.7 Å². The second-order valence-electron chi connectivity index (χ2n) is 8.14. The molecule has 0 fully saturated rings. The molecule has 162 valence electrons. The number of rotatable bonds is 7. The smallest absolute Gasteiger partial charge is 0.166 e. The van der Waals surface area contributed by atoms with Crippen LogP contribution in [0.2, 0.25) is 0 Å². The second kappa shape index (κ2) is 10.1. The van der Waals surface area contributed by atoms with E-state index in [1.165, 1.54) is 22.3 Å². The van der Waals surface area contributed by atoms with Gasteiger partial charge in [-0.05, 0) is 68.2 Å². The molecule has 5 nitrogen and oxygen atoms in total. The Morgan fingerprint density at radius 1 is 1.13 bits per heavy atom. The summed E-state index contributed by atoms with van der Waals surface area (Å²) in [6.07, 6.45) is 0.979. The van der Waals surface area contributed by atoms with Crippen molar-refractivity contribution in [3.63, 3.8) is 0 Å². The second-order valence-corrected chi connectivity index (χ2v) is 8.55. The largest absolute Gasteiger partial charge is 0.493 e. The van der Waals surface area contributed by atoms with Crippen molar-refractivity contribution in [1.29, 1.82) is 0 Å². The Bertz CT molecular complexity index is 867. The Balaban J connectivity index is 1.88. The summed E-state index contributed by atoms with van der Waals surface area (Å²) in [5.74, 6) is 1.55. The highest BCUT2D eigenvalue weighted by atomic mass is 32.1. The van der Waals surface area contributed by atoms with Gasteiger partial charge in [-0.1, -0.05) is 29.8 Å². The van der Waals surface area contributed by atoms with E-state index < -0.39 is 0 Å². The van der Waals surface area contributed by atoms with Gasteiger partial charge in [-0.15, -0.1) is 0 Å². The van der Waals surface area contributed by atoms with Crippen molar-refractivity contribution >= 4 is 17.3 Å². The highest BCUT2D eigenvalue weighted by Crippen LogP contribution is 2.38. The predicted octanol–water partition coefficient (Wildman–Crippen LogP) is 3.98. The van der Waals surface area contributed by atoms with Gasteiger partial charge in [-0.2, -0.15) is 0 Å². The summed E-state index contributed by atoms with van der Waals surface area (Å²) in [5, 5.41) is 7.38. The zero-order chi connectivity index (χ0) is 21.7. The molecule has 0 aromatic heterocycles. The lowest BCUT2D eigenvalue weighted by Crippen LogP contribution is -2.45. The third-order valence-corrected chi connectivity index (χ3v) is 5.76. The van der Waals surface area contributed by atoms with E-state index in [-0.39, 0.29) is 6.04 Å². The molecule has 2 aromatic rings. The summed E-state index contributed by atoms with van der Waals surface area (Å²) in [5.41, 5.74) is 5.17. The van der Waals surface area contributed by atoms with Gasteiger partial charge in [0.25, 0.3) is 0 Å². The molecule has 0 amide bonds. The number of fused-ring (bicyclic) bond motifs is 1. The quantitative estimate of drug-likeness (QED) is 0.652. The normalized spacial score (nSPS) is 16.1. The van der Waals surface area contributed by atoms with Crippen molar-refractivity contribution in [2.24, 2.45) is 0 Å². The Morgan fingerprint density at radius 3 is 2.43 bits per heavy atom. The van der Waals surface area contributed by atoms with Crippen molar-refractivity contribution in [3.8, 4) is 11.5 Å². The van der Waals surface area contributed by atoms with Gasteiger partial charge in [-0.25, -0.2) is 0 Å². The van der Waals surface area contributed by atoms with Crippen LogP contribution in [0.5, 0.6) is 11.5 Å². The van der Waals surface area contributed by atoms with Crippen LogP contribution in [-0.4, -0.2) is 43.4 Å². The van der Waals surface area contributed by atoms with Gasteiger partial charge in [0.1, 0.15) is 0 Å². The first kappa shape index (κ1) is 22.4. The minimum Gasteiger partial charge on any atom is -0.493 e. The van der Waals surface area contributed by atoms with Crippen molar-refractivity contribution in [3.05, 3.63) is 58.7 Å². The van der Waals surface area contributed by atoms with E-state index in [0.717, 1.165) is 37.6 Å². The molecule has 3 rings (SSSR count). The van der Waals surface area contributed by atoms with E-state index in [1.54, 1.807) is 14.2 Å². The molecule has 1 heterocycles. The van der Waals surface area contributed by atoms with Gasteiger partial charge in [0.05, 0.1) is 20.3 Å². The van der Waals surface area contributed by atoms with Crippen LogP contribution in [0.3, 0.4) is 0 Å². The van der Waals surface area contributed by atoms with Crippen molar-refractivity contribution in [1.82, 2.24) is 15.5 Å². The van der Waals surface area contributed by atoms with E-state index in [2.05, 4.69) is 72.7 Å². The lowest BCUT2D eigenvalue weighted by atomic mass is 9.91. The molecule has 0 saturated heterocycles. The van der Waals surface area contributed by atoms with E-state index in [0.29, 0.717) is 11.2 Å². The standard InChI is InChI=1S/C24H33N3O2S/c1-16(2)26-24(30)25-14-21-20-13-23(29-5)22(28-4)12-19(20)10-11-27(21)15-18-8-6-17(3)7-9-18/h6-9,12-13,16,21H,10-11,14-15H2,1-5H3,(H2,25,26,30)/t21-/m0/s1. The summed E-state index contributed by atoms with van der Waals surface area (Å²) in [4.78, 5) is 2.52. The summed E-state index contributed by atoms with van der Waals surface area (Å²) < 4.78 is 11.1. The number of nitrogens with one attached hydrogen (secondary N) is 2. The lowest BCUT2D eigenvalue weighted by molar-refractivity contribution is 0.176. The molecular weight excluding hydrogens is 394 g/mol. The molecule has 0 bridgehead atoms. The van der Waals surface area contributed by atoms with Gasteiger partial charge < -0.3 is 20.1 Å². The highest BCUT2D eigenvalue weighted by molar-refractivity contribution is 7.80. The molecule has 1 aliphatic heterocycles. The third-order valence-electron chi connectivity index (χ3n) is 5.50. The van der Waals surface area contributed by atoms with Crippen molar-refractivity contribution in [2.75, 3.05) is 27.3 Å². The fourth-order valence-electron chi connectivity index (χ4n) is 3.94. The monoisotopic (exact) mass is 427 g/mol. The molecule has 1 aliphatic rings. The van der Waals surface area contributed by atoms with Crippen LogP contribution in [0.15, 0.2) is 36.4 Å². The molecule has 0 radical (unpaired) electrons. The highest BCUT2D eigenvalue weighted by Gasteiger charge is 2.29. The number of hydrogen-bond acceptors (Lipinski definition) is 4. The van der Waals surface area contributed by atoms with Crippen LogP contribution in [0.4, 0.5) is 0 Å². The maximum atomic E-state index is 5.59. The first-order valence-electron chi connectivity index (χ1n) is 10.5. The minimum absolute atomic E-state index is 0.182. The topological polar surface area (TPSA) is 45.8 Å². The first-order valence-corrected chi connectivity index (χ1v) is 10.9. The van der Waals surface area contributed by atoms with Crippen LogP contribution in [0.25, 0.3) is 0 Å². The van der Waals surface area contributed by atoms with E-state index >= 15 is 0 Å². The van der Waals surface area contributed by atoms with Crippen LogP contribution >= 0.6 is 12.2 Å². The van der Waals surface area contributed by atoms with Gasteiger partial charge in [0.2, 0.25) is 0 Å². The van der Waals surface area contributed by atoms with Crippen LogP contribution < -0.4 is 20.1 Å². The summed E-state index contributed by atoms with van der Waals surface area (Å²) in [6, 6.07) is 13.5. The lowest BCUT2D eigenvalue weighted by Gasteiger charge is -2.38. The van der Waals surface area contributed by atoms with Crippen LogP contribution in [0, 0.1) is 6.92 Å². The van der Waals surface area contributed by atoms with Crippen LogP contribution in [0.1, 0.15) is 42.1 Å². The number of aryl methyl sites for hydroxylation is 1. The average Bonchev–Trinajstić information content (AvgIpc) is 2.72. The van der Waals surface area contributed by atoms with Crippen molar-refractivity contribution in [2.45, 2.75) is 45.8 Å². The van der Waals surface area contributed by atoms with Gasteiger partial charge in [0.15, 0.2) is 16.6 Å². The van der Waals surface area contributed by atoms with Crippen LogP contribution in [-0.2, 0) is 13.0 Å². The van der Waals surface area contributed by atoms with Crippen molar-refractivity contribution < 1.29 is 9.47 Å². The fourth-order valence-corrected chi connectivity index (χ4v) is 4.26. The molecule has 2 N–H and O–H groups in total. The maximum absolute atomic E-state index is 5.59. The maximum Gasteiger partial charge on any atom is 0.166 e. The summed E-state index contributed by atoms with van der Waals surface area (Å²) in [7, 11) is 3.37. The fraction of sp³-hybridized carbons (Fsp3) is 0.458. The molecule has 6 heteroatoms. The Hall–Kier alpha value is -2.31. The Labute approximate surface area is 185 Å². The third kappa shape index (κ3) is 5.43. The molecule has 0 spiro atoms. The first-order chi connectivity index (χ1) is 14.4. The number of benzene rings is 2. The summed E-state index contributed by atoms with van der Waals surface area (Å²) >= 11 is 5.48. The van der Waals surface area contributed by atoms with Gasteiger partial charge >= 0.3 is 0 Å². The number of thiocarbonyl (C=S) groups is 1. The number of hydrogen-bond donors (Lipinski definition) is 2.